The van der Waals surface area contributed by atoms with Crippen LogP contribution in [0.5, 0.6) is 0 Å². The number of carbonyl (C=O) groups excluding carboxylic acids is 2. The minimum Gasteiger partial charge on any atom is -0.456 e. The largest absolute Gasteiger partial charge is 0.456 e. The lowest BCUT2D eigenvalue weighted by Gasteiger charge is -2.36. The summed E-state index contributed by atoms with van der Waals surface area (Å²) >= 11 is 0. The van der Waals surface area contributed by atoms with Crippen molar-refractivity contribution in [2.75, 3.05) is 19.7 Å². The Morgan fingerprint density at radius 2 is 1.62 bits per heavy atom. The lowest BCUT2D eigenvalue weighted by Crippen LogP contribution is -2.48. The fourth-order valence-corrected chi connectivity index (χ4v) is 3.92. The lowest BCUT2D eigenvalue weighted by molar-refractivity contribution is -0.0374. The summed E-state index contributed by atoms with van der Waals surface area (Å²) in [6.45, 7) is 11.0. The Labute approximate surface area is 200 Å². The molecule has 1 saturated heterocycles. The number of benzene rings is 1. The Kier molecular flexibility index (Phi) is 7.60. The number of carbonyl (C=O) groups is 2. The van der Waals surface area contributed by atoms with E-state index in [2.05, 4.69) is 0 Å². The van der Waals surface area contributed by atoms with Gasteiger partial charge in [-0.05, 0) is 83.6 Å². The minimum absolute atomic E-state index is 0.0544. The summed E-state index contributed by atoms with van der Waals surface area (Å²) in [5.41, 5.74) is -1.49. The highest BCUT2D eigenvalue weighted by Crippen LogP contribution is 2.43. The van der Waals surface area contributed by atoms with Crippen molar-refractivity contribution in [1.82, 2.24) is 4.90 Å². The highest BCUT2D eigenvalue weighted by Gasteiger charge is 2.38. The Morgan fingerprint density at radius 3 is 2.15 bits per heavy atom. The number of piperidine rings is 1. The van der Waals surface area contributed by atoms with Gasteiger partial charge in [0.05, 0.1) is 18.8 Å². The third kappa shape index (κ3) is 7.39. The Morgan fingerprint density at radius 1 is 1.03 bits per heavy atom. The molecule has 34 heavy (non-hydrogen) atoms. The van der Waals surface area contributed by atoms with Crippen molar-refractivity contribution in [2.24, 2.45) is 0 Å². The van der Waals surface area contributed by atoms with Crippen LogP contribution in [-0.2, 0) is 20.8 Å². The van der Waals surface area contributed by atoms with Crippen LogP contribution in [-0.4, -0.2) is 53.5 Å². The third-order valence-electron chi connectivity index (χ3n) is 5.79. The van der Waals surface area contributed by atoms with Crippen molar-refractivity contribution in [3.05, 3.63) is 34.6 Å². The predicted molar refractivity (Wildman–Crippen MR) is 124 cm³/mol. The molecule has 0 spiro atoms. The van der Waals surface area contributed by atoms with E-state index in [4.69, 9.17) is 14.2 Å². The molecule has 0 unspecified atom stereocenters. The average molecular weight is 482 g/mol. The van der Waals surface area contributed by atoms with Gasteiger partial charge in [0.15, 0.2) is 0 Å². The van der Waals surface area contributed by atoms with E-state index in [9.17, 15) is 14.0 Å². The first-order chi connectivity index (χ1) is 15.7. The Bertz CT molecular complexity index is 907. The Balaban J connectivity index is 1.59. The number of ether oxygens (including phenoxy) is 3. The summed E-state index contributed by atoms with van der Waals surface area (Å²) in [5.74, 6) is -1.12. The summed E-state index contributed by atoms with van der Waals surface area (Å²) < 4.78 is 46.4. The quantitative estimate of drug-likeness (QED) is 0.472. The number of rotatable bonds is 6. The van der Waals surface area contributed by atoms with Crippen molar-refractivity contribution in [2.45, 2.75) is 96.6 Å². The second-order valence-electron chi connectivity index (χ2n) is 11.4. The molecule has 1 aromatic rings. The zero-order chi connectivity index (χ0) is 25.3. The number of hydrogen-bond donors (Lipinski definition) is 0. The normalized spacial score (nSPS) is 18.5. The van der Waals surface area contributed by atoms with Crippen LogP contribution < -0.4 is 0 Å². The first-order valence-electron chi connectivity index (χ1n) is 12.0. The summed E-state index contributed by atoms with van der Waals surface area (Å²) in [7, 11) is 0. The standard InChI is InChI=1S/C26H37F2NO5/c1-24(2,3)33-22(30)20-14-19(17-7-8-17)18(13-21(20)27)15-32-16-26(28)9-11-29(12-10-26)23(31)34-25(4,5)6/h13-14,17H,7-12,15-16H2,1-6H3. The van der Waals surface area contributed by atoms with E-state index in [0.29, 0.717) is 5.56 Å². The second kappa shape index (κ2) is 9.80. The fourth-order valence-electron chi connectivity index (χ4n) is 3.92. The van der Waals surface area contributed by atoms with Gasteiger partial charge in [0, 0.05) is 25.9 Å². The molecule has 1 saturated carbocycles. The van der Waals surface area contributed by atoms with Crippen LogP contribution in [0.25, 0.3) is 0 Å². The molecule has 2 fully saturated rings. The Hall–Kier alpha value is -2.22. The predicted octanol–water partition coefficient (Wildman–Crippen LogP) is 5.91. The molecule has 1 amide bonds. The third-order valence-corrected chi connectivity index (χ3v) is 5.79. The van der Waals surface area contributed by atoms with E-state index in [1.807, 2.05) is 0 Å². The van der Waals surface area contributed by atoms with E-state index < -0.39 is 34.8 Å². The van der Waals surface area contributed by atoms with Crippen LogP contribution >= 0.6 is 0 Å². The minimum atomic E-state index is -1.56. The SMILES string of the molecule is CC(C)(C)OC(=O)c1cc(C2CC2)c(COCC2(F)CCN(C(=O)OC(C)(C)C)CC2)cc1F. The molecular formula is C26H37F2NO5. The first-order valence-corrected chi connectivity index (χ1v) is 12.0. The number of hydrogen-bond acceptors (Lipinski definition) is 5. The van der Waals surface area contributed by atoms with E-state index in [0.717, 1.165) is 18.4 Å². The van der Waals surface area contributed by atoms with E-state index in [-0.39, 0.29) is 50.6 Å². The van der Waals surface area contributed by atoms with E-state index >= 15 is 4.39 Å². The van der Waals surface area contributed by atoms with Crippen molar-refractivity contribution in [3.8, 4) is 0 Å². The van der Waals surface area contributed by atoms with Crippen LogP contribution in [0.1, 0.15) is 94.6 Å². The van der Waals surface area contributed by atoms with Gasteiger partial charge in [-0.25, -0.2) is 18.4 Å². The van der Waals surface area contributed by atoms with Crippen molar-refractivity contribution in [3.63, 3.8) is 0 Å². The maximum absolute atomic E-state index is 15.3. The number of halogens is 2. The van der Waals surface area contributed by atoms with Gasteiger partial charge in [0.1, 0.15) is 22.7 Å². The molecule has 0 N–H and O–H groups in total. The molecule has 0 bridgehead atoms. The van der Waals surface area contributed by atoms with Crippen LogP contribution in [0.2, 0.25) is 0 Å². The maximum atomic E-state index is 15.3. The van der Waals surface area contributed by atoms with Gasteiger partial charge >= 0.3 is 12.1 Å². The van der Waals surface area contributed by atoms with Crippen LogP contribution in [0, 0.1) is 5.82 Å². The van der Waals surface area contributed by atoms with Gasteiger partial charge in [-0.2, -0.15) is 0 Å². The van der Waals surface area contributed by atoms with Crippen LogP contribution in [0.4, 0.5) is 13.6 Å². The molecule has 8 heteroatoms. The van der Waals surface area contributed by atoms with Crippen molar-refractivity contribution in [1.29, 1.82) is 0 Å². The monoisotopic (exact) mass is 481 g/mol. The van der Waals surface area contributed by atoms with Gasteiger partial charge in [0.2, 0.25) is 0 Å². The topological polar surface area (TPSA) is 65.1 Å². The number of amides is 1. The second-order valence-corrected chi connectivity index (χ2v) is 11.4. The van der Waals surface area contributed by atoms with Crippen molar-refractivity contribution >= 4 is 12.1 Å². The molecule has 1 heterocycles. The smallest absolute Gasteiger partial charge is 0.410 e. The van der Waals surface area contributed by atoms with Gasteiger partial charge in [-0.3, -0.25) is 0 Å². The van der Waals surface area contributed by atoms with Gasteiger partial charge in [-0.15, -0.1) is 0 Å². The lowest BCUT2D eigenvalue weighted by atomic mass is 9.94. The highest BCUT2D eigenvalue weighted by molar-refractivity contribution is 5.90. The molecule has 190 valence electrons. The first kappa shape index (κ1) is 26.4. The summed E-state index contributed by atoms with van der Waals surface area (Å²) in [4.78, 5) is 26.1. The van der Waals surface area contributed by atoms with Crippen LogP contribution in [0.15, 0.2) is 12.1 Å². The average Bonchev–Trinajstić information content (AvgIpc) is 3.51. The molecule has 1 aromatic carbocycles. The summed E-state index contributed by atoms with van der Waals surface area (Å²) in [5, 5.41) is 0. The van der Waals surface area contributed by atoms with Gasteiger partial charge in [0.25, 0.3) is 0 Å². The zero-order valence-electron chi connectivity index (χ0n) is 21.1. The number of likely N-dealkylation sites (tertiary alicyclic amines) is 1. The summed E-state index contributed by atoms with van der Waals surface area (Å²) in [6.07, 6.45) is 1.77. The van der Waals surface area contributed by atoms with Crippen molar-refractivity contribution < 1.29 is 32.6 Å². The molecule has 1 aliphatic heterocycles. The highest BCUT2D eigenvalue weighted by atomic mass is 19.1. The number of esters is 1. The van der Waals surface area contributed by atoms with E-state index in [1.165, 1.54) is 11.0 Å². The summed E-state index contributed by atoms with van der Waals surface area (Å²) in [6, 6.07) is 2.87. The molecule has 0 radical (unpaired) electrons. The molecule has 1 aliphatic carbocycles. The maximum Gasteiger partial charge on any atom is 0.410 e. The van der Waals surface area contributed by atoms with Gasteiger partial charge in [-0.1, -0.05) is 0 Å². The molecule has 6 nitrogen and oxygen atoms in total. The van der Waals surface area contributed by atoms with E-state index in [1.54, 1.807) is 47.6 Å². The fraction of sp³-hybridized carbons (Fsp3) is 0.692. The molecule has 3 rings (SSSR count). The molecular weight excluding hydrogens is 444 g/mol. The van der Waals surface area contributed by atoms with Gasteiger partial charge < -0.3 is 19.1 Å². The van der Waals surface area contributed by atoms with Crippen LogP contribution in [0.3, 0.4) is 0 Å². The molecule has 2 aliphatic rings. The zero-order valence-corrected chi connectivity index (χ0v) is 21.1. The number of nitrogens with zero attached hydrogens (tertiary/aromatic N) is 1. The number of alkyl halides is 1. The molecule has 0 atom stereocenters. The molecule has 0 aromatic heterocycles.